The number of rotatable bonds is 2. The number of nitrogens with two attached hydrogens (primary N) is 1. The molecule has 0 atom stereocenters. The fraction of sp³-hybridized carbons (Fsp3) is 0.615. The molecule has 0 unspecified atom stereocenters. The molecule has 0 aromatic carbocycles. The fourth-order valence-corrected chi connectivity index (χ4v) is 2.84. The van der Waals surface area contributed by atoms with Crippen molar-refractivity contribution in [2.45, 2.75) is 26.7 Å². The molecule has 0 bridgehead atoms. The van der Waals surface area contributed by atoms with E-state index in [1.807, 2.05) is 12.3 Å². The molecular formula is C13H20BrN3. The van der Waals surface area contributed by atoms with Crippen molar-refractivity contribution in [3.8, 4) is 0 Å². The Labute approximate surface area is 112 Å². The first-order valence-corrected chi connectivity index (χ1v) is 7.03. The molecule has 4 heteroatoms. The van der Waals surface area contributed by atoms with Gasteiger partial charge in [0, 0.05) is 23.8 Å². The first-order chi connectivity index (χ1) is 8.08. The molecule has 17 heavy (non-hydrogen) atoms. The third-order valence-electron chi connectivity index (χ3n) is 3.64. The van der Waals surface area contributed by atoms with Crippen molar-refractivity contribution >= 4 is 27.4 Å². The third-order valence-corrected chi connectivity index (χ3v) is 4.08. The number of hydrogen-bond acceptors (Lipinski definition) is 3. The van der Waals surface area contributed by atoms with Crippen molar-refractivity contribution in [2.75, 3.05) is 23.7 Å². The zero-order valence-corrected chi connectivity index (χ0v) is 12.1. The molecule has 0 saturated carbocycles. The van der Waals surface area contributed by atoms with E-state index in [9.17, 15) is 0 Å². The molecule has 1 aliphatic heterocycles. The van der Waals surface area contributed by atoms with Crippen LogP contribution in [0.25, 0.3) is 0 Å². The SMILES string of the molecule is CC(C)C1CCN(c2ncc(Br)cc2N)CC1. The number of pyridine rings is 1. The van der Waals surface area contributed by atoms with Crippen molar-refractivity contribution in [1.82, 2.24) is 4.98 Å². The zero-order valence-electron chi connectivity index (χ0n) is 10.5. The number of nitrogen functional groups attached to an aromatic ring is 1. The summed E-state index contributed by atoms with van der Waals surface area (Å²) in [5.41, 5.74) is 6.78. The average Bonchev–Trinajstić information content (AvgIpc) is 2.29. The van der Waals surface area contributed by atoms with E-state index in [4.69, 9.17) is 5.73 Å². The summed E-state index contributed by atoms with van der Waals surface area (Å²) in [4.78, 5) is 6.73. The van der Waals surface area contributed by atoms with Crippen LogP contribution in [0, 0.1) is 11.8 Å². The molecule has 1 saturated heterocycles. The topological polar surface area (TPSA) is 42.2 Å². The molecule has 0 amide bonds. The summed E-state index contributed by atoms with van der Waals surface area (Å²) in [7, 11) is 0. The van der Waals surface area contributed by atoms with Gasteiger partial charge < -0.3 is 10.6 Å². The molecule has 1 aliphatic rings. The van der Waals surface area contributed by atoms with Gasteiger partial charge in [-0.2, -0.15) is 0 Å². The number of aromatic nitrogens is 1. The van der Waals surface area contributed by atoms with Gasteiger partial charge in [-0.25, -0.2) is 4.98 Å². The monoisotopic (exact) mass is 297 g/mol. The normalized spacial score (nSPS) is 17.8. The zero-order chi connectivity index (χ0) is 12.4. The predicted octanol–water partition coefficient (Wildman–Crippen LogP) is 3.30. The summed E-state index contributed by atoms with van der Waals surface area (Å²) in [6, 6.07) is 1.93. The maximum Gasteiger partial charge on any atom is 0.151 e. The van der Waals surface area contributed by atoms with Crippen LogP contribution in [0.4, 0.5) is 11.5 Å². The summed E-state index contributed by atoms with van der Waals surface area (Å²) >= 11 is 3.39. The molecule has 1 aromatic heterocycles. The van der Waals surface area contributed by atoms with Crippen LogP contribution in [0.3, 0.4) is 0 Å². The van der Waals surface area contributed by atoms with E-state index in [-0.39, 0.29) is 0 Å². The van der Waals surface area contributed by atoms with E-state index < -0.39 is 0 Å². The molecular weight excluding hydrogens is 278 g/mol. The lowest BCUT2D eigenvalue weighted by atomic mass is 9.87. The minimum Gasteiger partial charge on any atom is -0.396 e. The lowest BCUT2D eigenvalue weighted by Crippen LogP contribution is -2.36. The van der Waals surface area contributed by atoms with Gasteiger partial charge in [0.15, 0.2) is 5.82 Å². The minimum atomic E-state index is 0.766. The molecule has 2 heterocycles. The second kappa shape index (κ2) is 5.25. The summed E-state index contributed by atoms with van der Waals surface area (Å²) in [5.74, 6) is 2.57. The second-order valence-corrected chi connectivity index (χ2v) is 6.05. The van der Waals surface area contributed by atoms with Crippen LogP contribution in [0.15, 0.2) is 16.7 Å². The highest BCUT2D eigenvalue weighted by Gasteiger charge is 2.23. The Hall–Kier alpha value is -0.770. The van der Waals surface area contributed by atoms with E-state index in [0.717, 1.165) is 40.9 Å². The van der Waals surface area contributed by atoms with Crippen molar-refractivity contribution in [1.29, 1.82) is 0 Å². The Balaban J connectivity index is 2.05. The van der Waals surface area contributed by atoms with Crippen molar-refractivity contribution in [3.05, 3.63) is 16.7 Å². The molecule has 94 valence electrons. The van der Waals surface area contributed by atoms with Gasteiger partial charge in [-0.05, 0) is 46.7 Å². The first-order valence-electron chi connectivity index (χ1n) is 6.24. The Bertz CT molecular complexity index is 384. The maximum atomic E-state index is 6.01. The maximum absolute atomic E-state index is 6.01. The number of nitrogens with zero attached hydrogens (tertiary/aromatic N) is 2. The van der Waals surface area contributed by atoms with Crippen molar-refractivity contribution in [3.63, 3.8) is 0 Å². The molecule has 0 aliphatic carbocycles. The van der Waals surface area contributed by atoms with Gasteiger partial charge in [-0.3, -0.25) is 0 Å². The highest BCUT2D eigenvalue weighted by atomic mass is 79.9. The number of piperidine rings is 1. The Morgan fingerprint density at radius 1 is 1.41 bits per heavy atom. The predicted molar refractivity (Wildman–Crippen MR) is 76.1 cm³/mol. The summed E-state index contributed by atoms with van der Waals surface area (Å²) in [6.45, 7) is 6.77. The molecule has 0 spiro atoms. The summed E-state index contributed by atoms with van der Waals surface area (Å²) in [5, 5.41) is 0. The minimum absolute atomic E-state index is 0.766. The van der Waals surface area contributed by atoms with Crippen LogP contribution in [-0.2, 0) is 0 Å². The Morgan fingerprint density at radius 2 is 2.06 bits per heavy atom. The summed E-state index contributed by atoms with van der Waals surface area (Å²) < 4.78 is 0.941. The van der Waals surface area contributed by atoms with Gasteiger partial charge in [0.2, 0.25) is 0 Å². The van der Waals surface area contributed by atoms with Crippen LogP contribution in [0.5, 0.6) is 0 Å². The van der Waals surface area contributed by atoms with Crippen LogP contribution in [0.1, 0.15) is 26.7 Å². The van der Waals surface area contributed by atoms with E-state index in [1.54, 1.807) is 0 Å². The Kier molecular flexibility index (Phi) is 3.92. The molecule has 3 nitrogen and oxygen atoms in total. The fourth-order valence-electron chi connectivity index (χ4n) is 2.49. The Morgan fingerprint density at radius 3 is 2.59 bits per heavy atom. The van der Waals surface area contributed by atoms with Gasteiger partial charge in [0.25, 0.3) is 0 Å². The van der Waals surface area contributed by atoms with E-state index >= 15 is 0 Å². The molecule has 2 N–H and O–H groups in total. The molecule has 1 aromatic rings. The largest absolute Gasteiger partial charge is 0.396 e. The van der Waals surface area contributed by atoms with Crippen LogP contribution >= 0.6 is 15.9 Å². The molecule has 0 radical (unpaired) electrons. The second-order valence-electron chi connectivity index (χ2n) is 5.13. The van der Waals surface area contributed by atoms with Crippen LogP contribution in [0.2, 0.25) is 0 Å². The lowest BCUT2D eigenvalue weighted by molar-refractivity contribution is 0.311. The van der Waals surface area contributed by atoms with E-state index in [0.29, 0.717) is 0 Å². The van der Waals surface area contributed by atoms with Crippen molar-refractivity contribution in [2.24, 2.45) is 11.8 Å². The number of hydrogen-bond donors (Lipinski definition) is 1. The quantitative estimate of drug-likeness (QED) is 0.911. The molecule has 1 fully saturated rings. The van der Waals surface area contributed by atoms with Crippen molar-refractivity contribution < 1.29 is 0 Å². The summed E-state index contributed by atoms with van der Waals surface area (Å²) in [6.07, 6.45) is 4.31. The highest BCUT2D eigenvalue weighted by molar-refractivity contribution is 9.10. The number of anilines is 2. The van der Waals surface area contributed by atoms with Gasteiger partial charge in [0.1, 0.15) is 0 Å². The van der Waals surface area contributed by atoms with Gasteiger partial charge in [-0.15, -0.1) is 0 Å². The van der Waals surface area contributed by atoms with E-state index in [1.165, 1.54) is 12.8 Å². The first kappa shape index (κ1) is 12.7. The van der Waals surface area contributed by atoms with Crippen LogP contribution in [-0.4, -0.2) is 18.1 Å². The third kappa shape index (κ3) is 2.92. The lowest BCUT2D eigenvalue weighted by Gasteiger charge is -2.35. The average molecular weight is 298 g/mol. The van der Waals surface area contributed by atoms with Gasteiger partial charge in [0.05, 0.1) is 5.69 Å². The highest BCUT2D eigenvalue weighted by Crippen LogP contribution is 2.30. The van der Waals surface area contributed by atoms with E-state index in [2.05, 4.69) is 39.7 Å². The number of halogens is 1. The molecule has 2 rings (SSSR count). The standard InChI is InChI=1S/C13H20BrN3/c1-9(2)10-3-5-17(6-4-10)13-12(15)7-11(14)8-16-13/h7-10H,3-6,15H2,1-2H3. The smallest absolute Gasteiger partial charge is 0.151 e. The van der Waals surface area contributed by atoms with Gasteiger partial charge in [-0.1, -0.05) is 13.8 Å². The van der Waals surface area contributed by atoms with Gasteiger partial charge >= 0.3 is 0 Å². The van der Waals surface area contributed by atoms with Crippen LogP contribution < -0.4 is 10.6 Å².